The van der Waals surface area contributed by atoms with Gasteiger partial charge in [-0.25, -0.2) is 4.98 Å². The molecule has 0 amide bonds. The molecule has 1 saturated carbocycles. The lowest BCUT2D eigenvalue weighted by atomic mass is 10.1. The van der Waals surface area contributed by atoms with Crippen molar-refractivity contribution in [1.29, 1.82) is 5.26 Å². The Labute approximate surface area is 131 Å². The molecule has 6 heteroatoms. The van der Waals surface area contributed by atoms with Gasteiger partial charge in [-0.3, -0.25) is 0 Å². The molecule has 2 heterocycles. The largest absolute Gasteiger partial charge is 0.496 e. The van der Waals surface area contributed by atoms with E-state index in [0.717, 1.165) is 26.8 Å². The zero-order valence-electron chi connectivity index (χ0n) is 12.3. The Morgan fingerprint density at radius 1 is 1.41 bits per heavy atom. The van der Waals surface area contributed by atoms with Gasteiger partial charge < -0.3 is 4.74 Å². The van der Waals surface area contributed by atoms with Gasteiger partial charge in [-0.15, -0.1) is 0 Å². The van der Waals surface area contributed by atoms with Crippen LogP contribution < -0.4 is 4.74 Å². The minimum absolute atomic E-state index is 0.474. The highest BCUT2D eigenvalue weighted by molar-refractivity contribution is 7.16. The van der Waals surface area contributed by atoms with E-state index in [0.29, 0.717) is 17.3 Å². The summed E-state index contributed by atoms with van der Waals surface area (Å²) in [4.78, 5) is 5.43. The van der Waals surface area contributed by atoms with E-state index < -0.39 is 0 Å². The van der Waals surface area contributed by atoms with E-state index in [2.05, 4.69) is 16.2 Å². The zero-order chi connectivity index (χ0) is 15.3. The Hall–Kier alpha value is -2.39. The summed E-state index contributed by atoms with van der Waals surface area (Å²) in [5, 5.41) is 15.2. The summed E-state index contributed by atoms with van der Waals surface area (Å²) in [5.41, 5.74) is 3.05. The molecule has 22 heavy (non-hydrogen) atoms. The first kappa shape index (κ1) is 13.3. The molecule has 4 rings (SSSR count). The predicted molar refractivity (Wildman–Crippen MR) is 84.3 cm³/mol. The van der Waals surface area contributed by atoms with Gasteiger partial charge >= 0.3 is 0 Å². The van der Waals surface area contributed by atoms with Crippen LogP contribution in [0.25, 0.3) is 16.2 Å². The monoisotopic (exact) mass is 310 g/mol. The first-order valence-electron chi connectivity index (χ1n) is 7.16. The van der Waals surface area contributed by atoms with Crippen LogP contribution in [-0.2, 0) is 0 Å². The molecule has 0 unspecified atom stereocenters. The van der Waals surface area contributed by atoms with Crippen molar-refractivity contribution in [2.24, 2.45) is 0 Å². The molecule has 1 aliphatic carbocycles. The molecule has 3 aromatic rings. The minimum atomic E-state index is 0.474. The fraction of sp³-hybridized carbons (Fsp3) is 0.312. The molecule has 2 aromatic heterocycles. The Bertz CT molecular complexity index is 914. The molecule has 0 saturated heterocycles. The number of hydrogen-bond acceptors (Lipinski definition) is 5. The smallest absolute Gasteiger partial charge is 0.214 e. The fourth-order valence-corrected chi connectivity index (χ4v) is 3.62. The number of hydrogen-bond donors (Lipinski definition) is 0. The molecule has 110 valence electrons. The Morgan fingerprint density at radius 2 is 2.23 bits per heavy atom. The van der Waals surface area contributed by atoms with E-state index in [9.17, 15) is 5.26 Å². The number of fused-ring (bicyclic) bond motifs is 1. The van der Waals surface area contributed by atoms with Gasteiger partial charge in [-0.05, 0) is 31.9 Å². The number of nitrogens with zero attached hydrogens (tertiary/aromatic N) is 4. The molecule has 5 nitrogen and oxygen atoms in total. The van der Waals surface area contributed by atoms with Crippen LogP contribution in [0.4, 0.5) is 0 Å². The summed E-state index contributed by atoms with van der Waals surface area (Å²) in [6.07, 6.45) is 2.38. The van der Waals surface area contributed by atoms with Crippen LogP contribution in [0.3, 0.4) is 0 Å². The highest BCUT2D eigenvalue weighted by Gasteiger charge is 2.29. The second kappa shape index (κ2) is 4.82. The summed E-state index contributed by atoms with van der Waals surface area (Å²) in [5.74, 6) is 1.28. The molecular formula is C16H14N4OS. The van der Waals surface area contributed by atoms with Crippen LogP contribution in [0.5, 0.6) is 5.75 Å². The van der Waals surface area contributed by atoms with Crippen molar-refractivity contribution >= 4 is 16.3 Å². The molecule has 0 spiro atoms. The van der Waals surface area contributed by atoms with E-state index in [1.165, 1.54) is 12.8 Å². The number of aryl methyl sites for hydroxylation is 1. The number of rotatable bonds is 3. The van der Waals surface area contributed by atoms with Crippen LogP contribution in [0.2, 0.25) is 0 Å². The van der Waals surface area contributed by atoms with Gasteiger partial charge in [-0.1, -0.05) is 23.0 Å². The average Bonchev–Trinajstić information content (AvgIpc) is 3.19. The third-order valence-electron chi connectivity index (χ3n) is 3.86. The topological polar surface area (TPSA) is 63.2 Å². The van der Waals surface area contributed by atoms with Crippen LogP contribution in [0, 0.1) is 18.3 Å². The van der Waals surface area contributed by atoms with E-state index in [1.807, 2.05) is 25.1 Å². The SMILES string of the molecule is COc1ccc(C)cc1-c1nc2sc(C3CC3)nn2c1C#N. The van der Waals surface area contributed by atoms with Gasteiger partial charge in [0.2, 0.25) is 4.96 Å². The normalized spacial score (nSPS) is 14.2. The predicted octanol–water partition coefficient (Wildman–Crippen LogP) is 3.52. The molecule has 1 fully saturated rings. The summed E-state index contributed by atoms with van der Waals surface area (Å²) >= 11 is 1.58. The van der Waals surface area contributed by atoms with Crippen LogP contribution in [0.15, 0.2) is 18.2 Å². The van der Waals surface area contributed by atoms with E-state index in [-0.39, 0.29) is 0 Å². The minimum Gasteiger partial charge on any atom is -0.496 e. The Balaban J connectivity index is 1.93. The zero-order valence-corrected chi connectivity index (χ0v) is 13.1. The summed E-state index contributed by atoms with van der Waals surface area (Å²) in [7, 11) is 1.63. The molecule has 1 aromatic carbocycles. The first-order valence-corrected chi connectivity index (χ1v) is 7.97. The highest BCUT2D eigenvalue weighted by atomic mass is 32.1. The third-order valence-corrected chi connectivity index (χ3v) is 4.93. The lowest BCUT2D eigenvalue weighted by molar-refractivity contribution is 0.416. The van der Waals surface area contributed by atoms with Gasteiger partial charge in [0.15, 0.2) is 5.69 Å². The number of aromatic nitrogens is 3. The maximum Gasteiger partial charge on any atom is 0.214 e. The molecule has 1 aliphatic rings. The Kier molecular flexibility index (Phi) is 2.91. The van der Waals surface area contributed by atoms with Crippen LogP contribution in [0.1, 0.15) is 35.0 Å². The molecule has 0 atom stereocenters. The van der Waals surface area contributed by atoms with Crippen molar-refractivity contribution < 1.29 is 4.74 Å². The summed E-state index contributed by atoms with van der Waals surface area (Å²) in [6, 6.07) is 8.13. The number of ether oxygens (including phenoxy) is 1. The lowest BCUT2D eigenvalue weighted by Crippen LogP contribution is -1.94. The van der Waals surface area contributed by atoms with E-state index >= 15 is 0 Å². The third kappa shape index (κ3) is 1.97. The number of nitriles is 1. The second-order valence-electron chi connectivity index (χ2n) is 5.53. The van der Waals surface area contributed by atoms with Gasteiger partial charge in [0, 0.05) is 11.5 Å². The number of benzene rings is 1. The van der Waals surface area contributed by atoms with E-state index in [4.69, 9.17) is 4.74 Å². The standard InChI is InChI=1S/C16H14N4OS/c1-9-3-6-13(21-2)11(7-9)14-12(8-17)20-16(18-14)22-15(19-20)10-4-5-10/h3,6-7,10H,4-5H2,1-2H3. The van der Waals surface area contributed by atoms with Crippen LogP contribution in [-0.4, -0.2) is 21.7 Å². The quantitative estimate of drug-likeness (QED) is 0.742. The van der Waals surface area contributed by atoms with Crippen molar-refractivity contribution in [3.8, 4) is 23.1 Å². The highest BCUT2D eigenvalue weighted by Crippen LogP contribution is 2.43. The van der Waals surface area contributed by atoms with E-state index in [1.54, 1.807) is 23.0 Å². The average molecular weight is 310 g/mol. The van der Waals surface area contributed by atoms with Crippen molar-refractivity contribution in [1.82, 2.24) is 14.6 Å². The number of imidazole rings is 1. The molecule has 0 bridgehead atoms. The molecular weight excluding hydrogens is 296 g/mol. The fourth-order valence-electron chi connectivity index (χ4n) is 2.55. The Morgan fingerprint density at radius 3 is 2.91 bits per heavy atom. The molecule has 0 N–H and O–H groups in total. The lowest BCUT2D eigenvalue weighted by Gasteiger charge is -2.07. The summed E-state index contributed by atoms with van der Waals surface area (Å²) in [6.45, 7) is 2.01. The van der Waals surface area contributed by atoms with Crippen molar-refractivity contribution in [3.63, 3.8) is 0 Å². The summed E-state index contributed by atoms with van der Waals surface area (Å²) < 4.78 is 7.10. The second-order valence-corrected chi connectivity index (χ2v) is 6.52. The van der Waals surface area contributed by atoms with Crippen molar-refractivity contribution in [2.75, 3.05) is 7.11 Å². The van der Waals surface area contributed by atoms with Crippen molar-refractivity contribution in [3.05, 3.63) is 34.5 Å². The van der Waals surface area contributed by atoms with Gasteiger partial charge in [0.25, 0.3) is 0 Å². The molecule has 0 aliphatic heterocycles. The van der Waals surface area contributed by atoms with Gasteiger partial charge in [0.05, 0.1) is 7.11 Å². The van der Waals surface area contributed by atoms with Gasteiger partial charge in [0.1, 0.15) is 22.5 Å². The van der Waals surface area contributed by atoms with Gasteiger partial charge in [-0.2, -0.15) is 14.9 Å². The van der Waals surface area contributed by atoms with Crippen molar-refractivity contribution in [2.45, 2.75) is 25.7 Å². The van der Waals surface area contributed by atoms with Crippen LogP contribution >= 0.6 is 11.3 Å². The maximum atomic E-state index is 9.58. The maximum absolute atomic E-state index is 9.58. The number of methoxy groups -OCH3 is 1. The molecule has 0 radical (unpaired) electrons. The first-order chi connectivity index (χ1) is 10.7.